The molecule has 1 saturated carbocycles. The molecule has 0 radical (unpaired) electrons. The summed E-state index contributed by atoms with van der Waals surface area (Å²) < 4.78 is 0. The molecule has 0 heterocycles. The van der Waals surface area contributed by atoms with E-state index in [9.17, 15) is 4.79 Å². The smallest absolute Gasteiger partial charge is 0.224 e. The first-order valence-corrected chi connectivity index (χ1v) is 7.19. The number of nitrogens with one attached hydrogen (secondary N) is 1. The lowest BCUT2D eigenvalue weighted by molar-refractivity contribution is -0.117. The van der Waals surface area contributed by atoms with Crippen LogP contribution in [-0.4, -0.2) is 17.6 Å². The number of anilines is 1. The first kappa shape index (κ1) is 14.6. The van der Waals surface area contributed by atoms with Gasteiger partial charge >= 0.3 is 0 Å². The number of aliphatic hydroxyl groups excluding tert-OH is 1. The molecule has 1 fully saturated rings. The number of rotatable bonds is 4. The molecule has 106 valence electrons. The van der Waals surface area contributed by atoms with Gasteiger partial charge in [-0.3, -0.25) is 4.79 Å². The number of aryl methyl sites for hydroxylation is 1. The van der Waals surface area contributed by atoms with Gasteiger partial charge in [-0.1, -0.05) is 24.3 Å². The molecule has 0 bridgehead atoms. The van der Waals surface area contributed by atoms with E-state index in [4.69, 9.17) is 5.11 Å². The Bertz CT molecular complexity index is 536. The first-order chi connectivity index (χ1) is 9.69. The van der Waals surface area contributed by atoms with Crippen molar-refractivity contribution in [1.82, 2.24) is 0 Å². The number of carbonyl (C=O) groups is 1. The molecule has 1 aromatic rings. The van der Waals surface area contributed by atoms with Gasteiger partial charge in [-0.05, 0) is 43.4 Å². The molecule has 0 aliphatic heterocycles. The molecule has 1 aliphatic carbocycles. The predicted molar refractivity (Wildman–Crippen MR) is 80.3 cm³/mol. The summed E-state index contributed by atoms with van der Waals surface area (Å²) in [6.45, 7) is 2.06. The molecule has 3 heteroatoms. The SMILES string of the molecule is Cc1ccc(NC(=O)CC2CCC2)cc1C#CCCO. The summed E-state index contributed by atoms with van der Waals surface area (Å²) in [6.07, 6.45) is 4.71. The maximum absolute atomic E-state index is 11.9. The highest BCUT2D eigenvalue weighted by atomic mass is 16.2. The zero-order valence-corrected chi connectivity index (χ0v) is 11.9. The molecule has 3 nitrogen and oxygen atoms in total. The fourth-order valence-corrected chi connectivity index (χ4v) is 2.22. The Kier molecular flexibility index (Phi) is 5.20. The molecule has 0 aromatic heterocycles. The fourth-order valence-electron chi connectivity index (χ4n) is 2.22. The minimum absolute atomic E-state index is 0.0733. The highest BCUT2D eigenvalue weighted by Crippen LogP contribution is 2.29. The van der Waals surface area contributed by atoms with Crippen molar-refractivity contribution in [2.75, 3.05) is 11.9 Å². The van der Waals surface area contributed by atoms with Crippen molar-refractivity contribution >= 4 is 11.6 Å². The van der Waals surface area contributed by atoms with Crippen molar-refractivity contribution in [2.45, 2.75) is 39.0 Å². The Hall–Kier alpha value is -1.79. The Labute approximate surface area is 120 Å². The quantitative estimate of drug-likeness (QED) is 0.827. The molecule has 1 aliphatic rings. The molecule has 0 atom stereocenters. The molecule has 2 N–H and O–H groups in total. The molecule has 0 saturated heterocycles. The normalized spacial score (nSPS) is 14.1. The van der Waals surface area contributed by atoms with Crippen molar-refractivity contribution in [2.24, 2.45) is 5.92 Å². The van der Waals surface area contributed by atoms with Gasteiger partial charge in [0.25, 0.3) is 0 Å². The van der Waals surface area contributed by atoms with Gasteiger partial charge in [0.1, 0.15) is 0 Å². The van der Waals surface area contributed by atoms with Crippen LogP contribution in [0.15, 0.2) is 18.2 Å². The summed E-state index contributed by atoms with van der Waals surface area (Å²) in [5.74, 6) is 6.60. The van der Waals surface area contributed by atoms with Crippen LogP contribution < -0.4 is 5.32 Å². The van der Waals surface area contributed by atoms with Crippen LogP contribution in [0.1, 0.15) is 43.2 Å². The van der Waals surface area contributed by atoms with Crippen LogP contribution in [0.3, 0.4) is 0 Å². The Morgan fingerprint density at radius 2 is 2.25 bits per heavy atom. The first-order valence-electron chi connectivity index (χ1n) is 7.19. The molecular formula is C17H21NO2. The maximum Gasteiger partial charge on any atom is 0.224 e. The van der Waals surface area contributed by atoms with Crippen molar-refractivity contribution in [3.8, 4) is 11.8 Å². The zero-order chi connectivity index (χ0) is 14.4. The number of carbonyl (C=O) groups excluding carboxylic acids is 1. The molecule has 0 spiro atoms. The summed E-state index contributed by atoms with van der Waals surface area (Å²) in [5.41, 5.74) is 2.78. The predicted octanol–water partition coefficient (Wildman–Crippen LogP) is 2.86. The van der Waals surface area contributed by atoms with E-state index in [1.807, 2.05) is 25.1 Å². The third kappa shape index (κ3) is 4.11. The average Bonchev–Trinajstić information content (AvgIpc) is 2.38. The van der Waals surface area contributed by atoms with Crippen LogP contribution in [-0.2, 0) is 4.79 Å². The highest BCUT2D eigenvalue weighted by Gasteiger charge is 2.20. The minimum atomic E-state index is 0.0733. The van der Waals surface area contributed by atoms with Crippen LogP contribution in [0.25, 0.3) is 0 Å². The summed E-state index contributed by atoms with van der Waals surface area (Å²) in [5, 5.41) is 11.7. The second kappa shape index (κ2) is 7.12. The van der Waals surface area contributed by atoms with E-state index in [1.165, 1.54) is 19.3 Å². The zero-order valence-electron chi connectivity index (χ0n) is 11.9. The van der Waals surface area contributed by atoms with Crippen LogP contribution in [0.2, 0.25) is 0 Å². The second-order valence-corrected chi connectivity index (χ2v) is 5.35. The van der Waals surface area contributed by atoms with Gasteiger partial charge in [0.05, 0.1) is 6.61 Å². The van der Waals surface area contributed by atoms with Gasteiger partial charge in [-0.25, -0.2) is 0 Å². The number of hydrogen-bond acceptors (Lipinski definition) is 2. The second-order valence-electron chi connectivity index (χ2n) is 5.35. The number of amides is 1. The molecule has 0 unspecified atom stereocenters. The molecule has 1 amide bonds. The topological polar surface area (TPSA) is 49.3 Å². The van der Waals surface area contributed by atoms with Gasteiger partial charge in [0.2, 0.25) is 5.91 Å². The van der Waals surface area contributed by atoms with E-state index in [1.54, 1.807) is 0 Å². The Balaban J connectivity index is 1.99. The standard InChI is InChI=1S/C17H21NO2/c1-13-8-9-16(12-15(13)7-2-3-10-19)18-17(20)11-14-5-4-6-14/h8-9,12,14,19H,3-6,10-11H2,1H3,(H,18,20). The van der Waals surface area contributed by atoms with Crippen LogP contribution in [0.4, 0.5) is 5.69 Å². The van der Waals surface area contributed by atoms with Crippen molar-refractivity contribution in [3.63, 3.8) is 0 Å². The Morgan fingerprint density at radius 3 is 2.90 bits per heavy atom. The van der Waals surface area contributed by atoms with Gasteiger partial charge in [-0.2, -0.15) is 0 Å². The fraction of sp³-hybridized carbons (Fsp3) is 0.471. The number of aliphatic hydroxyl groups is 1. The van der Waals surface area contributed by atoms with Crippen LogP contribution in [0.5, 0.6) is 0 Å². The van der Waals surface area contributed by atoms with Crippen molar-refractivity contribution in [1.29, 1.82) is 0 Å². The molecule has 1 aromatic carbocycles. The Morgan fingerprint density at radius 1 is 1.45 bits per heavy atom. The summed E-state index contributed by atoms with van der Waals surface area (Å²) in [6, 6.07) is 5.77. The monoisotopic (exact) mass is 271 g/mol. The number of hydrogen-bond donors (Lipinski definition) is 2. The lowest BCUT2D eigenvalue weighted by Gasteiger charge is -2.24. The van der Waals surface area contributed by atoms with Gasteiger partial charge < -0.3 is 10.4 Å². The molecular weight excluding hydrogens is 250 g/mol. The van der Waals surface area contributed by atoms with E-state index >= 15 is 0 Å². The van der Waals surface area contributed by atoms with E-state index in [0.717, 1.165) is 16.8 Å². The van der Waals surface area contributed by atoms with E-state index in [2.05, 4.69) is 17.2 Å². The lowest BCUT2D eigenvalue weighted by atomic mass is 9.83. The number of benzene rings is 1. The van der Waals surface area contributed by atoms with Crippen molar-refractivity contribution < 1.29 is 9.90 Å². The van der Waals surface area contributed by atoms with Crippen LogP contribution in [0, 0.1) is 24.7 Å². The molecule has 20 heavy (non-hydrogen) atoms. The summed E-state index contributed by atoms with van der Waals surface area (Å²) in [7, 11) is 0. The largest absolute Gasteiger partial charge is 0.395 e. The third-order valence-corrected chi connectivity index (χ3v) is 3.68. The van der Waals surface area contributed by atoms with Gasteiger partial charge in [0, 0.05) is 24.1 Å². The summed E-state index contributed by atoms with van der Waals surface area (Å²) in [4.78, 5) is 11.9. The van der Waals surface area contributed by atoms with Crippen LogP contribution >= 0.6 is 0 Å². The lowest BCUT2D eigenvalue weighted by Crippen LogP contribution is -2.20. The van der Waals surface area contributed by atoms with E-state index in [-0.39, 0.29) is 12.5 Å². The van der Waals surface area contributed by atoms with Gasteiger partial charge in [0.15, 0.2) is 0 Å². The average molecular weight is 271 g/mol. The van der Waals surface area contributed by atoms with Crippen molar-refractivity contribution in [3.05, 3.63) is 29.3 Å². The molecule has 2 rings (SSSR count). The summed E-state index contributed by atoms with van der Waals surface area (Å²) >= 11 is 0. The van der Waals surface area contributed by atoms with Gasteiger partial charge in [-0.15, -0.1) is 0 Å². The third-order valence-electron chi connectivity index (χ3n) is 3.68. The highest BCUT2D eigenvalue weighted by molar-refractivity contribution is 5.91. The minimum Gasteiger partial charge on any atom is -0.395 e. The van der Waals surface area contributed by atoms with E-state index in [0.29, 0.717) is 18.8 Å². The van der Waals surface area contributed by atoms with E-state index < -0.39 is 0 Å². The maximum atomic E-state index is 11.9.